The third-order valence-corrected chi connectivity index (χ3v) is 15.5. The molecule has 0 aromatic carbocycles. The maximum absolute atomic E-state index is 5.41. The molecule has 0 amide bonds. The lowest BCUT2D eigenvalue weighted by Crippen LogP contribution is -2.35. The third kappa shape index (κ3) is 29.1. The molecular weight excluding hydrogens is 745 g/mol. The van der Waals surface area contributed by atoms with Crippen LogP contribution in [0.1, 0.15) is 232 Å². The monoisotopic (exact) mass is 861 g/mol. The molecule has 61 heavy (non-hydrogen) atoms. The van der Waals surface area contributed by atoms with Gasteiger partial charge in [0.1, 0.15) is 0 Å². The first-order valence-electron chi connectivity index (χ1n) is 27.5. The quantitative estimate of drug-likeness (QED) is 0.254. The van der Waals surface area contributed by atoms with Gasteiger partial charge in [0.25, 0.3) is 0 Å². The minimum absolute atomic E-state index is 0.565. The maximum atomic E-state index is 5.41. The maximum Gasteiger partial charge on any atom is 0.0598 e. The largest absolute Gasteiger partial charge is 0.378 e. The standard InChI is InChI=1S/C9H19N.C9H18.2C8H17N.C8H16.C7H15N.C7H14O/c1-8(2)9-4-6-10(3)7-5-9;3*1-8(2)9-6-4-3-5-7-9;2*1-7(2)8-5-3-4-6-8;1-6(2)7-4-3-5-8-7/h8-9H,4-7H2,1-3H3;8-9H,3-7H2,1-2H3;2*8H,3-7H2,1-2H3;7-8H,3-6H2,1-2H3;7H,3-6H2,1-2H3;6-7H,3-5H2,1-2H3. The molecule has 5 aliphatic heterocycles. The summed E-state index contributed by atoms with van der Waals surface area (Å²) in [7, 11) is 2.22. The zero-order chi connectivity index (χ0) is 45.6. The molecule has 5 heteroatoms. The number of piperidine rings is 3. The molecule has 0 N–H and O–H groups in total. The van der Waals surface area contributed by atoms with Crippen LogP contribution in [0, 0.1) is 41.4 Å². The zero-order valence-corrected chi connectivity index (χ0v) is 44.8. The van der Waals surface area contributed by atoms with Gasteiger partial charge in [-0.2, -0.15) is 0 Å². The highest BCUT2D eigenvalue weighted by Crippen LogP contribution is 2.31. The Balaban J connectivity index is 0.000000356. The summed E-state index contributed by atoms with van der Waals surface area (Å²) in [6.07, 6.45) is 30.7. The Labute approximate surface area is 386 Å². The van der Waals surface area contributed by atoms with Gasteiger partial charge in [0.15, 0.2) is 0 Å². The van der Waals surface area contributed by atoms with Crippen molar-refractivity contribution in [3.63, 3.8) is 0 Å². The molecule has 1 atom stereocenters. The van der Waals surface area contributed by atoms with Crippen molar-refractivity contribution in [3.05, 3.63) is 0 Å². The Morgan fingerprint density at radius 1 is 0.311 bits per heavy atom. The molecule has 2 aliphatic carbocycles. The molecule has 7 aliphatic rings. The first kappa shape index (κ1) is 58.8. The lowest BCUT2D eigenvalue weighted by Gasteiger charge is -2.31. The van der Waals surface area contributed by atoms with Gasteiger partial charge in [0.2, 0.25) is 0 Å². The lowest BCUT2D eigenvalue weighted by atomic mass is 9.82. The van der Waals surface area contributed by atoms with E-state index in [0.29, 0.717) is 6.10 Å². The molecule has 5 nitrogen and oxygen atoms in total. The van der Waals surface area contributed by atoms with Crippen LogP contribution in [-0.4, -0.2) is 110 Å². The van der Waals surface area contributed by atoms with Crippen molar-refractivity contribution in [1.29, 1.82) is 0 Å². The van der Waals surface area contributed by atoms with E-state index in [4.69, 9.17) is 4.74 Å². The van der Waals surface area contributed by atoms with Gasteiger partial charge < -0.3 is 24.3 Å². The normalized spacial score (nSPS) is 24.0. The van der Waals surface area contributed by atoms with Crippen LogP contribution >= 0.6 is 0 Å². The SMILES string of the molecule is CC(C)C1CCCC1.CC(C)C1CCCCC1.CC(C)C1CCCO1.CC(C)C1CCN(C)CC1.CC(C)N1CCCC1.CC(C)N1CCCCC1.CC(C)N1CCCCC1. The number of hydrogen-bond donors (Lipinski definition) is 0. The van der Waals surface area contributed by atoms with Crippen LogP contribution in [0.3, 0.4) is 0 Å². The smallest absolute Gasteiger partial charge is 0.0598 e. The molecule has 5 heterocycles. The second-order valence-electron chi connectivity index (χ2n) is 22.8. The van der Waals surface area contributed by atoms with Crippen molar-refractivity contribution in [2.75, 3.05) is 66.0 Å². The van der Waals surface area contributed by atoms with E-state index in [2.05, 4.69) is 124 Å². The Morgan fingerprint density at radius 2 is 0.607 bits per heavy atom. The van der Waals surface area contributed by atoms with Crippen molar-refractivity contribution in [3.8, 4) is 0 Å². The van der Waals surface area contributed by atoms with E-state index in [1.807, 2.05) is 0 Å². The zero-order valence-electron chi connectivity index (χ0n) is 44.8. The summed E-state index contributed by atoms with van der Waals surface area (Å²) >= 11 is 0. The van der Waals surface area contributed by atoms with Gasteiger partial charge in [0, 0.05) is 24.7 Å². The van der Waals surface area contributed by atoms with Crippen LogP contribution in [0.2, 0.25) is 0 Å². The van der Waals surface area contributed by atoms with Gasteiger partial charge in [-0.05, 0) is 207 Å². The fourth-order valence-corrected chi connectivity index (χ4v) is 10.4. The number of hydrogen-bond acceptors (Lipinski definition) is 5. The fraction of sp³-hybridized carbons (Fsp3) is 1.00. The molecule has 0 bridgehead atoms. The van der Waals surface area contributed by atoms with Crippen LogP contribution in [0.4, 0.5) is 0 Å². The average Bonchev–Trinajstić information content (AvgIpc) is 4.09. The summed E-state index contributed by atoms with van der Waals surface area (Å²) < 4.78 is 5.41. The van der Waals surface area contributed by atoms with E-state index >= 15 is 0 Å². The minimum Gasteiger partial charge on any atom is -0.378 e. The molecule has 2 saturated carbocycles. The van der Waals surface area contributed by atoms with Crippen LogP contribution in [0.25, 0.3) is 0 Å². The molecule has 366 valence electrons. The average molecular weight is 862 g/mol. The summed E-state index contributed by atoms with van der Waals surface area (Å²) in [6, 6.07) is 2.31. The van der Waals surface area contributed by atoms with Gasteiger partial charge in [-0.3, -0.25) is 0 Å². The van der Waals surface area contributed by atoms with Crippen molar-refractivity contribution < 1.29 is 4.74 Å². The van der Waals surface area contributed by atoms with E-state index in [1.54, 1.807) is 0 Å². The highest BCUT2D eigenvalue weighted by molar-refractivity contribution is 4.73. The van der Waals surface area contributed by atoms with Gasteiger partial charge >= 0.3 is 0 Å². The molecule has 0 aromatic rings. The third-order valence-electron chi connectivity index (χ3n) is 15.5. The first-order valence-corrected chi connectivity index (χ1v) is 27.5. The number of nitrogens with zero attached hydrogens (tertiary/aromatic N) is 4. The Morgan fingerprint density at radius 3 is 0.836 bits per heavy atom. The van der Waals surface area contributed by atoms with Gasteiger partial charge in [-0.15, -0.1) is 0 Å². The first-order chi connectivity index (χ1) is 29.0. The van der Waals surface area contributed by atoms with Crippen LogP contribution in [0.5, 0.6) is 0 Å². The molecule has 7 fully saturated rings. The fourth-order valence-electron chi connectivity index (χ4n) is 10.4. The van der Waals surface area contributed by atoms with Crippen LogP contribution in [-0.2, 0) is 4.74 Å². The van der Waals surface area contributed by atoms with Crippen LogP contribution < -0.4 is 0 Å². The van der Waals surface area contributed by atoms with Gasteiger partial charge in [0.05, 0.1) is 6.10 Å². The topological polar surface area (TPSA) is 22.2 Å². The van der Waals surface area contributed by atoms with Gasteiger partial charge in [-0.25, -0.2) is 0 Å². The minimum atomic E-state index is 0.565. The van der Waals surface area contributed by atoms with E-state index in [9.17, 15) is 0 Å². The van der Waals surface area contributed by atoms with E-state index in [1.165, 1.54) is 187 Å². The Hall–Kier alpha value is -0.200. The molecule has 0 aromatic heterocycles. The highest BCUT2D eigenvalue weighted by atomic mass is 16.5. The highest BCUT2D eigenvalue weighted by Gasteiger charge is 2.21. The second-order valence-corrected chi connectivity index (χ2v) is 22.8. The number of ether oxygens (including phenoxy) is 1. The number of rotatable bonds is 7. The van der Waals surface area contributed by atoms with Gasteiger partial charge in [-0.1, -0.05) is 126 Å². The summed E-state index contributed by atoms with van der Waals surface area (Å²) in [5.41, 5.74) is 0. The molecule has 0 spiro atoms. The molecule has 0 radical (unpaired) electrons. The van der Waals surface area contributed by atoms with Crippen LogP contribution in [0.15, 0.2) is 0 Å². The summed E-state index contributed by atoms with van der Waals surface area (Å²) in [4.78, 5) is 10.1. The van der Waals surface area contributed by atoms with E-state index in [0.717, 1.165) is 66.2 Å². The Bertz CT molecular complexity index is 820. The predicted octanol–water partition coefficient (Wildman–Crippen LogP) is 15.1. The summed E-state index contributed by atoms with van der Waals surface area (Å²) in [5.74, 6) is 6.61. The van der Waals surface area contributed by atoms with Crippen molar-refractivity contribution in [2.45, 2.75) is 256 Å². The Kier molecular flexibility index (Phi) is 34.7. The lowest BCUT2D eigenvalue weighted by molar-refractivity contribution is 0.0758. The second kappa shape index (κ2) is 36.0. The molecule has 5 saturated heterocycles. The summed E-state index contributed by atoms with van der Waals surface area (Å²) in [6.45, 7) is 43.8. The van der Waals surface area contributed by atoms with Crippen molar-refractivity contribution in [1.82, 2.24) is 19.6 Å². The predicted molar refractivity (Wildman–Crippen MR) is 274 cm³/mol. The van der Waals surface area contributed by atoms with Crippen molar-refractivity contribution in [2.24, 2.45) is 41.4 Å². The summed E-state index contributed by atoms with van der Waals surface area (Å²) in [5, 5.41) is 0. The van der Waals surface area contributed by atoms with E-state index < -0.39 is 0 Å². The molecule has 7 rings (SSSR count). The molecule has 1 unspecified atom stereocenters. The van der Waals surface area contributed by atoms with E-state index in [-0.39, 0.29) is 0 Å². The van der Waals surface area contributed by atoms with Crippen molar-refractivity contribution >= 4 is 0 Å². The number of likely N-dealkylation sites (tertiary alicyclic amines) is 4. The molecular formula is C56H116N4O.